The Balaban J connectivity index is 1.90. The summed E-state index contributed by atoms with van der Waals surface area (Å²) in [6.45, 7) is 3.93. The summed E-state index contributed by atoms with van der Waals surface area (Å²) in [7, 11) is 0. The molecule has 1 N–H and O–H groups in total. The molecule has 78 valence electrons. The number of aromatic nitrogens is 1. The predicted molar refractivity (Wildman–Crippen MR) is 54.9 cm³/mol. The van der Waals surface area contributed by atoms with Crippen LogP contribution in [0.15, 0.2) is 10.8 Å². The molecule has 0 aromatic carbocycles. The van der Waals surface area contributed by atoms with Crippen molar-refractivity contribution in [3.05, 3.63) is 17.8 Å². The fourth-order valence-electron chi connectivity index (χ4n) is 1.81. The molecular weight excluding hydrogens is 176 g/mol. The van der Waals surface area contributed by atoms with Crippen molar-refractivity contribution in [2.45, 2.75) is 39.2 Å². The van der Waals surface area contributed by atoms with Gasteiger partial charge in [-0.3, -0.25) is 0 Å². The van der Waals surface area contributed by atoms with E-state index in [0.29, 0.717) is 0 Å². The van der Waals surface area contributed by atoms with Crippen molar-refractivity contribution in [1.82, 2.24) is 10.3 Å². The van der Waals surface area contributed by atoms with Crippen molar-refractivity contribution >= 4 is 0 Å². The van der Waals surface area contributed by atoms with Crippen molar-refractivity contribution in [2.24, 2.45) is 5.92 Å². The Bertz CT molecular complexity index is 279. The van der Waals surface area contributed by atoms with Crippen molar-refractivity contribution in [1.29, 1.82) is 0 Å². The molecule has 3 nitrogen and oxygen atoms in total. The van der Waals surface area contributed by atoms with Gasteiger partial charge in [-0.25, -0.2) is 4.98 Å². The van der Waals surface area contributed by atoms with Crippen molar-refractivity contribution in [2.75, 3.05) is 6.54 Å². The Hall–Kier alpha value is -0.830. The molecule has 1 aliphatic rings. The molecule has 1 heterocycles. The summed E-state index contributed by atoms with van der Waals surface area (Å²) in [5.41, 5.74) is 1.10. The second-order valence-electron chi connectivity index (χ2n) is 4.00. The molecule has 1 fully saturated rings. The summed E-state index contributed by atoms with van der Waals surface area (Å²) in [4.78, 5) is 4.24. The maximum Gasteiger partial charge on any atom is 0.181 e. The van der Waals surface area contributed by atoms with Crippen LogP contribution in [0.5, 0.6) is 0 Å². The van der Waals surface area contributed by atoms with Gasteiger partial charge in [-0.2, -0.15) is 0 Å². The van der Waals surface area contributed by atoms with E-state index >= 15 is 0 Å². The Labute approximate surface area is 84.9 Å². The minimum absolute atomic E-state index is 0.842. The van der Waals surface area contributed by atoms with Gasteiger partial charge in [0.1, 0.15) is 5.76 Å². The van der Waals surface area contributed by atoms with Crippen molar-refractivity contribution < 1.29 is 4.42 Å². The van der Waals surface area contributed by atoms with Crippen LogP contribution in [-0.4, -0.2) is 11.5 Å². The molecule has 0 bridgehead atoms. The molecule has 0 amide bonds. The molecule has 1 aromatic rings. The molecule has 0 aliphatic heterocycles. The van der Waals surface area contributed by atoms with Crippen molar-refractivity contribution in [3.8, 4) is 0 Å². The van der Waals surface area contributed by atoms with E-state index < -0.39 is 0 Å². The Morgan fingerprint density at radius 2 is 2.43 bits per heavy atom. The van der Waals surface area contributed by atoms with E-state index in [1.807, 2.05) is 0 Å². The monoisotopic (exact) mass is 194 g/mol. The predicted octanol–water partition coefficient (Wildman–Crippen LogP) is 2.13. The van der Waals surface area contributed by atoms with Gasteiger partial charge in [-0.05, 0) is 12.5 Å². The van der Waals surface area contributed by atoms with E-state index in [0.717, 1.165) is 36.9 Å². The van der Waals surface area contributed by atoms with Crippen LogP contribution in [-0.2, 0) is 13.0 Å². The molecule has 1 saturated carbocycles. The maximum absolute atomic E-state index is 5.42. The molecule has 2 rings (SSSR count). The second kappa shape index (κ2) is 4.60. The summed E-state index contributed by atoms with van der Waals surface area (Å²) in [6.07, 6.45) is 6.77. The number of rotatable bonds is 5. The van der Waals surface area contributed by atoms with Crippen LogP contribution in [0.1, 0.15) is 37.6 Å². The lowest BCUT2D eigenvalue weighted by atomic mass is 9.82. The summed E-state index contributed by atoms with van der Waals surface area (Å²) in [5, 5.41) is 3.28. The smallest absolute Gasteiger partial charge is 0.181 e. The van der Waals surface area contributed by atoms with E-state index in [2.05, 4.69) is 17.2 Å². The quantitative estimate of drug-likeness (QED) is 0.780. The number of nitrogens with one attached hydrogen (secondary N) is 1. The van der Waals surface area contributed by atoms with E-state index in [1.165, 1.54) is 19.3 Å². The van der Waals surface area contributed by atoms with E-state index in [9.17, 15) is 0 Å². The zero-order valence-corrected chi connectivity index (χ0v) is 8.75. The third-order valence-electron chi connectivity index (χ3n) is 2.97. The van der Waals surface area contributed by atoms with Crippen LogP contribution >= 0.6 is 0 Å². The van der Waals surface area contributed by atoms with Crippen molar-refractivity contribution in [3.63, 3.8) is 0 Å². The van der Waals surface area contributed by atoms with Crippen LogP contribution in [0, 0.1) is 5.92 Å². The van der Waals surface area contributed by atoms with Crippen LogP contribution in [0.4, 0.5) is 0 Å². The summed E-state index contributed by atoms with van der Waals surface area (Å²) in [5.74, 6) is 1.94. The molecule has 0 radical (unpaired) electrons. The zero-order chi connectivity index (χ0) is 9.80. The molecule has 0 atom stereocenters. The minimum atomic E-state index is 0.842. The lowest BCUT2D eigenvalue weighted by Gasteiger charge is -2.24. The van der Waals surface area contributed by atoms with Gasteiger partial charge in [0.05, 0.1) is 5.69 Å². The van der Waals surface area contributed by atoms with Gasteiger partial charge in [-0.15, -0.1) is 0 Å². The molecule has 1 aliphatic carbocycles. The molecule has 0 spiro atoms. The second-order valence-corrected chi connectivity index (χ2v) is 4.00. The van der Waals surface area contributed by atoms with Gasteiger partial charge in [0.2, 0.25) is 0 Å². The first-order chi connectivity index (χ1) is 6.90. The normalized spacial score (nSPS) is 16.9. The lowest BCUT2D eigenvalue weighted by molar-refractivity contribution is 0.293. The average Bonchev–Trinajstić information content (AvgIpc) is 2.55. The first-order valence-corrected chi connectivity index (χ1v) is 5.52. The third kappa shape index (κ3) is 2.15. The lowest BCUT2D eigenvalue weighted by Crippen LogP contribution is -2.17. The molecule has 1 aromatic heterocycles. The fourth-order valence-corrected chi connectivity index (χ4v) is 1.81. The number of nitrogens with zero attached hydrogens (tertiary/aromatic N) is 1. The molecule has 0 saturated heterocycles. The van der Waals surface area contributed by atoms with Gasteiger partial charge < -0.3 is 9.73 Å². The van der Waals surface area contributed by atoms with Gasteiger partial charge in [-0.1, -0.05) is 26.2 Å². The van der Waals surface area contributed by atoms with Gasteiger partial charge >= 0.3 is 0 Å². The highest BCUT2D eigenvalue weighted by Crippen LogP contribution is 2.30. The minimum Gasteiger partial charge on any atom is -0.448 e. The van der Waals surface area contributed by atoms with Crippen LogP contribution < -0.4 is 5.32 Å². The average molecular weight is 194 g/mol. The highest BCUT2D eigenvalue weighted by Gasteiger charge is 2.21. The fraction of sp³-hybridized carbons (Fsp3) is 0.727. The topological polar surface area (TPSA) is 38.1 Å². The SMILES string of the molecule is CCNCc1ncoc1CC1CCC1. The Morgan fingerprint density at radius 1 is 1.57 bits per heavy atom. The van der Waals surface area contributed by atoms with Crippen LogP contribution in [0.25, 0.3) is 0 Å². The largest absolute Gasteiger partial charge is 0.448 e. The molecular formula is C11H18N2O. The van der Waals surface area contributed by atoms with Gasteiger partial charge in [0.15, 0.2) is 6.39 Å². The highest BCUT2D eigenvalue weighted by atomic mass is 16.3. The molecule has 3 heteroatoms. The van der Waals surface area contributed by atoms with E-state index in [1.54, 1.807) is 6.39 Å². The number of hydrogen-bond donors (Lipinski definition) is 1. The Morgan fingerprint density at radius 3 is 3.07 bits per heavy atom. The zero-order valence-electron chi connectivity index (χ0n) is 8.75. The van der Waals surface area contributed by atoms with E-state index in [4.69, 9.17) is 4.42 Å². The summed E-state index contributed by atoms with van der Waals surface area (Å²) in [6, 6.07) is 0. The number of oxazole rings is 1. The van der Waals surface area contributed by atoms with Gasteiger partial charge in [0.25, 0.3) is 0 Å². The molecule has 0 unspecified atom stereocenters. The number of hydrogen-bond acceptors (Lipinski definition) is 3. The van der Waals surface area contributed by atoms with Crippen LogP contribution in [0.3, 0.4) is 0 Å². The van der Waals surface area contributed by atoms with Crippen LogP contribution in [0.2, 0.25) is 0 Å². The maximum atomic E-state index is 5.42. The summed E-state index contributed by atoms with van der Waals surface area (Å²) < 4.78 is 5.42. The third-order valence-corrected chi connectivity index (χ3v) is 2.97. The van der Waals surface area contributed by atoms with Gasteiger partial charge in [0, 0.05) is 13.0 Å². The summed E-state index contributed by atoms with van der Waals surface area (Å²) >= 11 is 0. The standard InChI is InChI=1S/C11H18N2O/c1-2-12-7-10-11(14-8-13-10)6-9-4-3-5-9/h8-9,12H,2-7H2,1H3. The first kappa shape index (κ1) is 9.71. The first-order valence-electron chi connectivity index (χ1n) is 5.52. The Kier molecular flexibility index (Phi) is 3.19. The van der Waals surface area contributed by atoms with E-state index in [-0.39, 0.29) is 0 Å². The highest BCUT2D eigenvalue weighted by molar-refractivity contribution is 5.08. The molecule has 14 heavy (non-hydrogen) atoms.